The van der Waals surface area contributed by atoms with Gasteiger partial charge in [0.2, 0.25) is 0 Å². The Hall–Kier alpha value is 0.590. The van der Waals surface area contributed by atoms with Crippen molar-refractivity contribution >= 4 is 17.9 Å². The molecule has 2 atom stereocenters. The fourth-order valence-corrected chi connectivity index (χ4v) is 1.60. The van der Waals surface area contributed by atoms with Crippen LogP contribution in [0, 0.1) is 5.92 Å². The second kappa shape index (κ2) is 14.9. The van der Waals surface area contributed by atoms with E-state index in [0.29, 0.717) is 5.56 Å². The number of ether oxygens (including phenoxy) is 1. The molecule has 0 saturated heterocycles. The summed E-state index contributed by atoms with van der Waals surface area (Å²) in [5.74, 6) is -7.27. The van der Waals surface area contributed by atoms with E-state index in [-0.39, 0.29) is 95.3 Å². The van der Waals surface area contributed by atoms with Gasteiger partial charge in [0.05, 0.1) is 12.6 Å². The van der Waals surface area contributed by atoms with Gasteiger partial charge in [-0.2, -0.15) is 0 Å². The molecule has 7 nitrogen and oxygen atoms in total. The van der Waals surface area contributed by atoms with Crippen molar-refractivity contribution < 1.29 is 123 Å². The second-order valence-electron chi connectivity index (χ2n) is 4.04. The van der Waals surface area contributed by atoms with Crippen LogP contribution in [0.3, 0.4) is 0 Å². The zero-order valence-electron chi connectivity index (χ0n) is 13.3. The van der Waals surface area contributed by atoms with Gasteiger partial charge in [0.25, 0.3) is 0 Å². The van der Waals surface area contributed by atoms with E-state index in [0.717, 1.165) is 0 Å². The predicted octanol–water partition coefficient (Wildman–Crippen LogP) is -12.2. The first kappa shape index (κ1) is 28.4. The maximum Gasteiger partial charge on any atom is 1.00 e. The first-order valence-electron chi connectivity index (χ1n) is 5.69. The molecule has 0 fully saturated rings. The molecule has 10 heteroatoms. The van der Waals surface area contributed by atoms with Crippen molar-refractivity contribution in [3.05, 3.63) is 35.9 Å². The largest absolute Gasteiger partial charge is 1.00 e. The van der Waals surface area contributed by atoms with Gasteiger partial charge in [-0.05, 0) is 12.0 Å². The number of aliphatic carboxylic acids is 3. The Labute approximate surface area is 199 Å². The monoisotopic (exact) mass is 348 g/mol. The molecule has 0 spiro atoms. The molecule has 0 amide bonds. The minimum absolute atomic E-state index is 0. The second-order valence-corrected chi connectivity index (χ2v) is 4.04. The Morgan fingerprint density at radius 1 is 0.913 bits per heavy atom. The Balaban J connectivity index is -0.00000133. The van der Waals surface area contributed by atoms with Gasteiger partial charge >= 0.3 is 88.7 Å². The average molecular weight is 348 g/mol. The Bertz CT molecular complexity index is 496. The summed E-state index contributed by atoms with van der Waals surface area (Å²) in [7, 11) is 0. The number of carboxylic acid groups (broad SMARTS) is 3. The fourth-order valence-electron chi connectivity index (χ4n) is 1.60. The van der Waals surface area contributed by atoms with Crippen molar-refractivity contribution in [3.63, 3.8) is 0 Å². The number of carbonyl (C=O) groups is 3. The number of carbonyl (C=O) groups excluding carboxylic acids is 3. The molecule has 0 aliphatic rings. The summed E-state index contributed by atoms with van der Waals surface area (Å²) in [6.07, 6.45) is -2.96. The summed E-state index contributed by atoms with van der Waals surface area (Å²) in [6, 6.07) is 8.38. The van der Waals surface area contributed by atoms with E-state index in [9.17, 15) is 29.7 Å². The zero-order valence-corrected chi connectivity index (χ0v) is 19.3. The van der Waals surface area contributed by atoms with E-state index < -0.39 is 36.4 Å². The van der Waals surface area contributed by atoms with Crippen LogP contribution < -0.4 is 104 Å². The summed E-state index contributed by atoms with van der Waals surface area (Å²) in [5, 5.41) is 32.2. The van der Waals surface area contributed by atoms with E-state index in [1.54, 1.807) is 30.3 Å². The first-order chi connectivity index (χ1) is 9.41. The summed E-state index contributed by atoms with van der Waals surface area (Å²) in [5.41, 5.74) is 0.601. The average Bonchev–Trinajstić information content (AvgIpc) is 2.38. The molecule has 0 radical (unpaired) electrons. The maximum atomic E-state index is 10.9. The fraction of sp³-hybridized carbons (Fsp3) is 0.308. The summed E-state index contributed by atoms with van der Waals surface area (Å²) < 4.78 is 4.94. The number of benzene rings is 1. The zero-order chi connectivity index (χ0) is 15.1. The van der Waals surface area contributed by atoms with Crippen molar-refractivity contribution in [1.82, 2.24) is 0 Å². The maximum absolute atomic E-state index is 10.9. The Morgan fingerprint density at radius 3 is 1.83 bits per heavy atom. The molecule has 1 rings (SSSR count). The molecule has 1 aromatic carbocycles. The van der Waals surface area contributed by atoms with Crippen LogP contribution in [-0.2, 0) is 25.7 Å². The van der Waals surface area contributed by atoms with Gasteiger partial charge in [-0.1, -0.05) is 30.3 Å². The third-order valence-corrected chi connectivity index (χ3v) is 2.56. The topological polar surface area (TPSA) is 130 Å². The molecule has 0 saturated carbocycles. The third kappa shape index (κ3) is 10.9. The van der Waals surface area contributed by atoms with Crippen molar-refractivity contribution in [2.24, 2.45) is 5.92 Å². The standard InChI is InChI=1S/C13H14O7.3Na/c14-10(15)6-9(12(16)17)11(13(18)19)20-7-8-4-2-1-3-5-8;;;/h1-5,9,11H,6-7H2,(H,14,15)(H,16,17)(H,18,19);;;/q;3*+1/p-3. The van der Waals surface area contributed by atoms with E-state index in [2.05, 4.69) is 0 Å². The number of hydrogen-bond acceptors (Lipinski definition) is 7. The van der Waals surface area contributed by atoms with E-state index in [4.69, 9.17) is 4.74 Å². The number of hydrogen-bond donors (Lipinski definition) is 0. The smallest absolute Gasteiger partial charge is 0.550 e. The Morgan fingerprint density at radius 2 is 1.43 bits per heavy atom. The van der Waals surface area contributed by atoms with Crippen LogP contribution in [0.15, 0.2) is 30.3 Å². The van der Waals surface area contributed by atoms with Crippen LogP contribution in [0.25, 0.3) is 0 Å². The van der Waals surface area contributed by atoms with Crippen LogP contribution in [0.2, 0.25) is 0 Å². The molecule has 0 N–H and O–H groups in total. The van der Waals surface area contributed by atoms with Crippen molar-refractivity contribution in [2.45, 2.75) is 19.1 Å². The van der Waals surface area contributed by atoms with Gasteiger partial charge in [-0.25, -0.2) is 0 Å². The number of rotatable bonds is 8. The van der Waals surface area contributed by atoms with Gasteiger partial charge in [0.1, 0.15) is 6.10 Å². The molecule has 23 heavy (non-hydrogen) atoms. The van der Waals surface area contributed by atoms with E-state index >= 15 is 0 Å². The van der Waals surface area contributed by atoms with E-state index in [1.807, 2.05) is 0 Å². The molecular weight excluding hydrogens is 337 g/mol. The van der Waals surface area contributed by atoms with Crippen LogP contribution in [0.5, 0.6) is 0 Å². The minimum atomic E-state index is -1.93. The number of carboxylic acids is 3. The molecule has 0 aliphatic carbocycles. The predicted molar refractivity (Wildman–Crippen MR) is 58.1 cm³/mol. The van der Waals surface area contributed by atoms with Crippen LogP contribution in [0.4, 0.5) is 0 Å². The van der Waals surface area contributed by atoms with Gasteiger partial charge in [0.15, 0.2) is 0 Å². The minimum Gasteiger partial charge on any atom is -0.550 e. The molecule has 0 bridgehead atoms. The third-order valence-electron chi connectivity index (χ3n) is 2.56. The summed E-state index contributed by atoms with van der Waals surface area (Å²) >= 11 is 0. The van der Waals surface area contributed by atoms with Crippen molar-refractivity contribution in [2.75, 3.05) is 0 Å². The first-order valence-corrected chi connectivity index (χ1v) is 5.69. The molecule has 2 unspecified atom stereocenters. The van der Waals surface area contributed by atoms with Gasteiger partial charge in [-0.3, -0.25) is 0 Å². The summed E-state index contributed by atoms with van der Waals surface area (Å²) in [6.45, 7) is -0.198. The molecular formula is C13H11Na3O7. The molecule has 108 valence electrons. The molecule has 0 heterocycles. The molecule has 0 aromatic heterocycles. The molecule has 0 aliphatic heterocycles. The quantitative estimate of drug-likeness (QED) is 0.427. The van der Waals surface area contributed by atoms with E-state index in [1.165, 1.54) is 0 Å². The Kier molecular flexibility index (Phi) is 18.4. The van der Waals surface area contributed by atoms with Crippen molar-refractivity contribution in [3.8, 4) is 0 Å². The SMILES string of the molecule is O=C([O-])CC(C(=O)[O-])C(OCc1ccccc1)C(=O)[O-].[Na+].[Na+].[Na+]. The van der Waals surface area contributed by atoms with Crippen LogP contribution >= 0.6 is 0 Å². The van der Waals surface area contributed by atoms with Crippen LogP contribution in [-0.4, -0.2) is 24.0 Å². The molecule has 1 aromatic rings. The van der Waals surface area contributed by atoms with Gasteiger partial charge in [-0.15, -0.1) is 0 Å². The van der Waals surface area contributed by atoms with Gasteiger partial charge < -0.3 is 34.4 Å². The van der Waals surface area contributed by atoms with Crippen LogP contribution in [0.1, 0.15) is 12.0 Å². The van der Waals surface area contributed by atoms with Crippen molar-refractivity contribution in [1.29, 1.82) is 0 Å². The van der Waals surface area contributed by atoms with Gasteiger partial charge in [0, 0.05) is 17.9 Å². The summed E-state index contributed by atoms with van der Waals surface area (Å²) in [4.78, 5) is 32.2. The normalized spacial score (nSPS) is 11.7.